The van der Waals surface area contributed by atoms with Crippen LogP contribution in [0.1, 0.15) is 182 Å². The number of carbonyl (C=O) groups is 3. The van der Waals surface area contributed by atoms with Gasteiger partial charge < -0.3 is 98.5 Å². The van der Waals surface area contributed by atoms with Crippen LogP contribution < -0.4 is 0 Å². The zero-order valence-corrected chi connectivity index (χ0v) is 58.0. The van der Waals surface area contributed by atoms with Gasteiger partial charge in [-0.1, -0.05) is 91.7 Å². The molecule has 0 aromatic rings. The van der Waals surface area contributed by atoms with Crippen molar-refractivity contribution in [3.8, 4) is 0 Å². The molecule has 6 fully saturated rings. The Morgan fingerprint density at radius 1 is 0.758 bits per heavy atom. The van der Waals surface area contributed by atoms with Crippen molar-refractivity contribution in [2.45, 2.75) is 292 Å². The number of fused-ring (bicyclic) bond motifs is 7. The van der Waals surface area contributed by atoms with Gasteiger partial charge in [-0.25, -0.2) is 9.59 Å². The maximum Gasteiger partial charge on any atom is 0.333 e. The lowest BCUT2D eigenvalue weighted by atomic mass is 9.33. The zero-order chi connectivity index (χ0) is 69.1. The van der Waals surface area contributed by atoms with E-state index in [-0.39, 0.29) is 71.8 Å². The van der Waals surface area contributed by atoms with Crippen LogP contribution in [-0.4, -0.2) is 214 Å². The number of esters is 1. The number of aliphatic carboxylic acids is 1. The van der Waals surface area contributed by atoms with E-state index in [1.807, 2.05) is 27.6 Å². The molecule has 5 aliphatic carbocycles. The van der Waals surface area contributed by atoms with E-state index >= 15 is 0 Å². The molecule has 10 N–H and O–H groups in total. The van der Waals surface area contributed by atoms with Gasteiger partial charge in [0, 0.05) is 31.1 Å². The fourth-order valence-electron chi connectivity index (χ4n) is 16.9. The average Bonchev–Trinajstić information content (AvgIpc) is 0.849. The van der Waals surface area contributed by atoms with Gasteiger partial charge in [0.15, 0.2) is 31.1 Å². The minimum Gasteiger partial charge on any atom is -0.479 e. The van der Waals surface area contributed by atoms with Crippen molar-refractivity contribution < 1.29 is 108 Å². The van der Waals surface area contributed by atoms with Gasteiger partial charge in [-0.15, -0.1) is 0 Å². The van der Waals surface area contributed by atoms with Crippen LogP contribution in [0, 0.1) is 56.7 Å². The van der Waals surface area contributed by atoms with Crippen LogP contribution >= 0.6 is 0 Å². The largest absolute Gasteiger partial charge is 0.479 e. The minimum absolute atomic E-state index is 0.0328. The first kappa shape index (κ1) is 80.6. The van der Waals surface area contributed by atoms with Gasteiger partial charge in [0.1, 0.15) is 55.6 Å². The van der Waals surface area contributed by atoms with Crippen LogP contribution in [-0.2, 0) is 57.0 Å². The molecule has 0 aromatic heterocycles. The van der Waals surface area contributed by atoms with Crippen molar-refractivity contribution in [2.24, 2.45) is 56.7 Å². The Morgan fingerprint density at radius 3 is 1.91 bits per heavy atom. The monoisotopic (exact) mass is 1300 g/mol. The first-order chi connectivity index (χ1) is 42.7. The third-order valence-electron chi connectivity index (χ3n) is 22.7. The fraction of sp³-hybridized carbons (Fsp3) is 0.870. The van der Waals surface area contributed by atoms with Crippen LogP contribution in [0.25, 0.3) is 0 Å². The molecule has 4 saturated carbocycles. The SMILES string of the molecule is C/C=C(/C)C(=O)OC(C(C)O)C(OC)C(O)COC1C(C)CC2C3=CCC4C5(C)CCC(OC(OC(C)C(=O)O)C(OC6OC(CO)C(O)C(O)C6O)C(OC6CCC(CO)O6)C(C)O)C(C)(C)C5CCC4(C)[C@]3(C)CCC2(CO)C1C.C=O.CC.CC=C(C)C. The van der Waals surface area contributed by atoms with Crippen LogP contribution in [0.3, 0.4) is 0 Å². The number of hydrogen-bond donors (Lipinski definition) is 10. The number of carboxylic acids is 1. The van der Waals surface area contributed by atoms with E-state index in [0.717, 1.165) is 44.9 Å². The van der Waals surface area contributed by atoms with E-state index in [1.54, 1.807) is 19.9 Å². The van der Waals surface area contributed by atoms with Crippen LogP contribution in [0.5, 0.6) is 0 Å². The number of rotatable bonds is 24. The molecule has 22 heteroatoms. The summed E-state index contributed by atoms with van der Waals surface area (Å²) in [4.78, 5) is 33.4. The maximum absolute atomic E-state index is 12.8. The third kappa shape index (κ3) is 16.9. The van der Waals surface area contributed by atoms with E-state index in [0.29, 0.717) is 24.8 Å². The Balaban J connectivity index is 0.00000185. The molecular weight excluding hydrogens is 1180 g/mol. The van der Waals surface area contributed by atoms with E-state index in [9.17, 15) is 60.7 Å². The van der Waals surface area contributed by atoms with Crippen molar-refractivity contribution in [3.05, 3.63) is 34.9 Å². The predicted molar refractivity (Wildman–Crippen MR) is 340 cm³/mol. The second kappa shape index (κ2) is 34.4. The van der Waals surface area contributed by atoms with Crippen LogP contribution in [0.2, 0.25) is 0 Å². The summed E-state index contributed by atoms with van der Waals surface area (Å²) in [5, 5.41) is 108. The molecule has 2 aliphatic heterocycles. The molecule has 0 spiro atoms. The van der Waals surface area contributed by atoms with Crippen LogP contribution in [0.15, 0.2) is 34.9 Å². The average molecular weight is 1300 g/mol. The Morgan fingerprint density at radius 2 is 1.38 bits per heavy atom. The number of aliphatic hydroxyl groups excluding tert-OH is 9. The molecule has 0 bridgehead atoms. The van der Waals surface area contributed by atoms with Gasteiger partial charge in [0.05, 0.1) is 50.3 Å². The van der Waals surface area contributed by atoms with Gasteiger partial charge in [-0.2, -0.15) is 0 Å². The van der Waals surface area contributed by atoms with Gasteiger partial charge in [-0.05, 0) is 164 Å². The molecule has 22 nitrogen and oxygen atoms in total. The predicted octanol–water partition coefficient (Wildman–Crippen LogP) is 6.73. The number of aliphatic hydroxyl groups is 9. The summed E-state index contributed by atoms with van der Waals surface area (Å²) in [6, 6.07) is 0. The van der Waals surface area contributed by atoms with Crippen molar-refractivity contribution in [3.63, 3.8) is 0 Å². The van der Waals surface area contributed by atoms with Crippen molar-refractivity contribution in [1.82, 2.24) is 0 Å². The van der Waals surface area contributed by atoms with Gasteiger partial charge in [0.2, 0.25) is 0 Å². The molecule has 0 amide bonds. The number of carboxylic acid groups (broad SMARTS) is 1. The molecule has 91 heavy (non-hydrogen) atoms. The van der Waals surface area contributed by atoms with E-state index in [1.165, 1.54) is 39.0 Å². The summed E-state index contributed by atoms with van der Waals surface area (Å²) < 4.78 is 55.9. The van der Waals surface area contributed by atoms with Gasteiger partial charge in [0.25, 0.3) is 0 Å². The highest BCUT2D eigenvalue weighted by molar-refractivity contribution is 5.87. The highest BCUT2D eigenvalue weighted by atomic mass is 16.8. The molecule has 7 rings (SSSR count). The first-order valence-electron chi connectivity index (χ1n) is 33.4. The Hall–Kier alpha value is -2.85. The van der Waals surface area contributed by atoms with Crippen molar-refractivity contribution in [1.29, 1.82) is 0 Å². The Bertz CT molecular complexity index is 2360. The fourth-order valence-corrected chi connectivity index (χ4v) is 16.9. The summed E-state index contributed by atoms with van der Waals surface area (Å²) in [6.45, 7) is 34.6. The van der Waals surface area contributed by atoms with Gasteiger partial charge >= 0.3 is 11.9 Å². The zero-order valence-electron chi connectivity index (χ0n) is 58.0. The molecule has 26 unspecified atom stereocenters. The lowest BCUT2D eigenvalue weighted by molar-refractivity contribution is -0.363. The van der Waals surface area contributed by atoms with Crippen LogP contribution in [0.4, 0.5) is 0 Å². The summed E-state index contributed by atoms with van der Waals surface area (Å²) >= 11 is 0. The summed E-state index contributed by atoms with van der Waals surface area (Å²) in [5.41, 5.74) is 1.49. The quantitative estimate of drug-likeness (QED) is 0.0207. The second-order valence-corrected chi connectivity index (χ2v) is 28.3. The second-order valence-electron chi connectivity index (χ2n) is 28.3. The summed E-state index contributed by atoms with van der Waals surface area (Å²) in [6.07, 6.45) is -9.84. The highest BCUT2D eigenvalue weighted by Crippen LogP contribution is 2.76. The number of carbonyl (C=O) groups excluding carboxylic acids is 2. The maximum atomic E-state index is 12.8. The lowest BCUT2D eigenvalue weighted by Crippen LogP contribution is -2.66. The standard InChI is InChI=1S/C61H102O21.C5H10.C2H6.CH2O/c1-14-30(2)54(73)81-49(33(5)65)51(74-13)39(67)28-75-48-31(3)25-38-37-16-17-42-58(10)21-20-43(57(8,9)41(58)19-22-60(42,12)59(37,11)23-24-61(38,29-64)32(48)4)79-56(76-35(7)53(71)72)52(50(34(6)66)80-44-18-15-36(26-62)77-44)82-55-47(70)46(69)45(68)40(27-63)78-55;1-4-5(2)3;2*1-2/h14,16,31-36,38-52,55-56,62-70H,15,17-29H2,1-13H3,(H,71,72);4H,1-3H3;1-2H3;1H2/b30-14-;;;/t31?,32?,33?,34?,35?,36?,38?,39?,40?,41?,42?,43?,44?,45?,46?,47?,48?,49?,50?,51?,52?,55?,56?,58?,59-,60?,61?;;;/m1.../s1. The van der Waals surface area contributed by atoms with Crippen molar-refractivity contribution >= 4 is 18.7 Å². The van der Waals surface area contributed by atoms with E-state index in [2.05, 4.69) is 74.5 Å². The Kier molecular flexibility index (Phi) is 30.5. The highest BCUT2D eigenvalue weighted by Gasteiger charge is 2.70. The molecule has 2 saturated heterocycles. The van der Waals surface area contributed by atoms with E-state index in [4.69, 9.17) is 47.4 Å². The molecule has 27 atom stereocenters. The molecule has 2 heterocycles. The number of ether oxygens (including phenoxy) is 9. The normalized spacial score (nSPS) is 38.8. The Labute approximate surface area is 542 Å². The number of allylic oxidation sites excluding steroid dienone is 5. The number of hydrogen-bond acceptors (Lipinski definition) is 21. The summed E-state index contributed by atoms with van der Waals surface area (Å²) in [7, 11) is 1.39. The molecule has 0 aromatic carbocycles. The lowest BCUT2D eigenvalue weighted by Gasteiger charge is -2.72. The molecule has 7 aliphatic rings. The third-order valence-corrected chi connectivity index (χ3v) is 22.7. The number of methoxy groups -OCH3 is 1. The minimum atomic E-state index is -1.88. The smallest absolute Gasteiger partial charge is 0.333 e. The molecule has 528 valence electrons. The summed E-state index contributed by atoms with van der Waals surface area (Å²) in [5.74, 6) is -1.60. The van der Waals surface area contributed by atoms with Gasteiger partial charge in [-0.3, -0.25) is 0 Å². The molecule has 0 radical (unpaired) electrons. The first-order valence-corrected chi connectivity index (χ1v) is 33.4. The van der Waals surface area contributed by atoms with E-state index < -0.39 is 134 Å². The topological polar surface area (TPSA) is 337 Å². The van der Waals surface area contributed by atoms with Crippen molar-refractivity contribution in [2.75, 3.05) is 33.5 Å². The molecular formula is C69H120O22.